The molecule has 9 heavy (non-hydrogen) atoms. The number of nitrogens with zero attached hydrogens (tertiary/aromatic N) is 1. The molecular weight excluding hydrogens is 132 g/mol. The maximum atomic E-state index is 5.01. The number of hydrogen-bond acceptors (Lipinski definition) is 2. The van der Waals surface area contributed by atoms with Crippen LogP contribution in [-0.4, -0.2) is 36.1 Å². The highest BCUT2D eigenvalue weighted by atomic mass is 32.1. The second kappa shape index (κ2) is 3.13. The first-order valence-electron chi connectivity index (χ1n) is 3.27. The van der Waals surface area contributed by atoms with Gasteiger partial charge in [-0.2, -0.15) is 0 Å². The molecule has 1 aliphatic heterocycles. The van der Waals surface area contributed by atoms with Gasteiger partial charge in [0.05, 0.1) is 4.99 Å². The minimum absolute atomic E-state index is 1.02. The molecule has 0 spiro atoms. The van der Waals surface area contributed by atoms with E-state index in [0.29, 0.717) is 0 Å². The molecule has 0 aromatic heterocycles. The van der Waals surface area contributed by atoms with Gasteiger partial charge >= 0.3 is 0 Å². The SMILES string of the molecule is CC(=S)N1CCNCC1. The van der Waals surface area contributed by atoms with E-state index in [1.807, 2.05) is 6.92 Å². The van der Waals surface area contributed by atoms with Crippen LogP contribution in [0.2, 0.25) is 0 Å². The monoisotopic (exact) mass is 144 g/mol. The van der Waals surface area contributed by atoms with Crippen molar-refractivity contribution in [3.63, 3.8) is 0 Å². The fourth-order valence-corrected chi connectivity index (χ4v) is 1.16. The molecule has 0 amide bonds. The molecule has 0 aromatic carbocycles. The van der Waals surface area contributed by atoms with Crippen LogP contribution in [0.1, 0.15) is 6.92 Å². The van der Waals surface area contributed by atoms with Crippen molar-refractivity contribution < 1.29 is 0 Å². The lowest BCUT2D eigenvalue weighted by Crippen LogP contribution is -2.44. The Kier molecular flexibility index (Phi) is 2.42. The van der Waals surface area contributed by atoms with Gasteiger partial charge < -0.3 is 10.2 Å². The predicted octanol–water partition coefficient (Wildman–Crippen LogP) is 0.239. The van der Waals surface area contributed by atoms with Gasteiger partial charge in [0.25, 0.3) is 0 Å². The van der Waals surface area contributed by atoms with Gasteiger partial charge in [-0.3, -0.25) is 0 Å². The van der Waals surface area contributed by atoms with E-state index in [2.05, 4.69) is 10.2 Å². The van der Waals surface area contributed by atoms with E-state index < -0.39 is 0 Å². The molecular formula is C6H12N2S. The zero-order valence-electron chi connectivity index (χ0n) is 5.68. The Balaban J connectivity index is 2.31. The number of thiocarbonyl (C=S) groups is 1. The molecule has 0 unspecified atom stereocenters. The third kappa shape index (κ3) is 1.91. The summed E-state index contributed by atoms with van der Waals surface area (Å²) in [5.74, 6) is 0. The van der Waals surface area contributed by atoms with Crippen molar-refractivity contribution in [1.29, 1.82) is 0 Å². The van der Waals surface area contributed by atoms with E-state index in [1.54, 1.807) is 0 Å². The Labute approximate surface area is 61.2 Å². The summed E-state index contributed by atoms with van der Waals surface area (Å²) in [5, 5.41) is 3.27. The first-order valence-corrected chi connectivity index (χ1v) is 3.68. The second-order valence-corrected chi connectivity index (χ2v) is 2.85. The Morgan fingerprint density at radius 2 is 2.00 bits per heavy atom. The van der Waals surface area contributed by atoms with Crippen molar-refractivity contribution >= 4 is 17.2 Å². The van der Waals surface area contributed by atoms with Crippen LogP contribution in [-0.2, 0) is 0 Å². The van der Waals surface area contributed by atoms with E-state index in [4.69, 9.17) is 12.2 Å². The lowest BCUT2D eigenvalue weighted by atomic mass is 10.4. The van der Waals surface area contributed by atoms with Crippen molar-refractivity contribution in [2.75, 3.05) is 26.2 Å². The Morgan fingerprint density at radius 1 is 1.44 bits per heavy atom. The van der Waals surface area contributed by atoms with Crippen LogP contribution in [0.15, 0.2) is 0 Å². The number of hydrogen-bond donors (Lipinski definition) is 1. The highest BCUT2D eigenvalue weighted by Gasteiger charge is 2.07. The standard InChI is InChI=1S/C6H12N2S/c1-6(9)8-4-2-7-3-5-8/h7H,2-5H2,1H3. The minimum atomic E-state index is 1.02. The van der Waals surface area contributed by atoms with Gasteiger partial charge in [-0.05, 0) is 6.92 Å². The fourth-order valence-electron chi connectivity index (χ4n) is 0.980. The van der Waals surface area contributed by atoms with Gasteiger partial charge in [-0.15, -0.1) is 0 Å². The topological polar surface area (TPSA) is 15.3 Å². The molecule has 0 atom stereocenters. The summed E-state index contributed by atoms with van der Waals surface area (Å²) < 4.78 is 0. The van der Waals surface area contributed by atoms with Crippen LogP contribution >= 0.6 is 12.2 Å². The van der Waals surface area contributed by atoms with Crippen molar-refractivity contribution in [3.8, 4) is 0 Å². The lowest BCUT2D eigenvalue weighted by molar-refractivity contribution is 0.361. The van der Waals surface area contributed by atoms with Crippen LogP contribution in [0.5, 0.6) is 0 Å². The Bertz CT molecular complexity index is 108. The third-order valence-electron chi connectivity index (χ3n) is 1.56. The van der Waals surface area contributed by atoms with E-state index in [9.17, 15) is 0 Å². The van der Waals surface area contributed by atoms with Gasteiger partial charge in [0, 0.05) is 26.2 Å². The van der Waals surface area contributed by atoms with Crippen LogP contribution in [0.4, 0.5) is 0 Å². The highest BCUT2D eigenvalue weighted by Crippen LogP contribution is 1.93. The summed E-state index contributed by atoms with van der Waals surface area (Å²) in [4.78, 5) is 3.25. The Morgan fingerprint density at radius 3 is 2.33 bits per heavy atom. The number of nitrogens with one attached hydrogen (secondary N) is 1. The fraction of sp³-hybridized carbons (Fsp3) is 0.833. The summed E-state index contributed by atoms with van der Waals surface area (Å²) >= 11 is 5.01. The average Bonchev–Trinajstić information content (AvgIpc) is 1.90. The molecule has 2 nitrogen and oxygen atoms in total. The quantitative estimate of drug-likeness (QED) is 0.490. The molecule has 1 fully saturated rings. The number of rotatable bonds is 0. The smallest absolute Gasteiger partial charge is 0.0748 e. The molecule has 0 radical (unpaired) electrons. The van der Waals surface area contributed by atoms with Gasteiger partial charge in [-0.25, -0.2) is 0 Å². The van der Waals surface area contributed by atoms with Crippen molar-refractivity contribution in [2.24, 2.45) is 0 Å². The van der Waals surface area contributed by atoms with Crippen molar-refractivity contribution in [1.82, 2.24) is 10.2 Å². The molecule has 3 heteroatoms. The maximum absolute atomic E-state index is 5.01. The predicted molar refractivity (Wildman–Crippen MR) is 42.7 cm³/mol. The van der Waals surface area contributed by atoms with Crippen LogP contribution < -0.4 is 5.32 Å². The first-order chi connectivity index (χ1) is 4.30. The van der Waals surface area contributed by atoms with Crippen LogP contribution in [0.3, 0.4) is 0 Å². The van der Waals surface area contributed by atoms with E-state index in [-0.39, 0.29) is 0 Å². The average molecular weight is 144 g/mol. The molecule has 0 bridgehead atoms. The summed E-state index contributed by atoms with van der Waals surface area (Å²) in [5.41, 5.74) is 0. The molecule has 0 aliphatic carbocycles. The Hall–Kier alpha value is -0.150. The summed E-state index contributed by atoms with van der Waals surface area (Å²) in [6, 6.07) is 0. The van der Waals surface area contributed by atoms with Gasteiger partial charge in [0.15, 0.2) is 0 Å². The molecule has 0 aromatic rings. The largest absolute Gasteiger partial charge is 0.364 e. The molecule has 1 saturated heterocycles. The summed E-state index contributed by atoms with van der Waals surface area (Å²) in [6.45, 7) is 6.30. The minimum Gasteiger partial charge on any atom is -0.364 e. The summed E-state index contributed by atoms with van der Waals surface area (Å²) in [6.07, 6.45) is 0. The highest BCUT2D eigenvalue weighted by molar-refractivity contribution is 7.80. The molecule has 1 heterocycles. The van der Waals surface area contributed by atoms with Crippen molar-refractivity contribution in [3.05, 3.63) is 0 Å². The molecule has 1 N–H and O–H groups in total. The first kappa shape index (κ1) is 6.96. The molecule has 52 valence electrons. The normalized spacial score (nSPS) is 19.9. The van der Waals surface area contributed by atoms with Gasteiger partial charge in [0.1, 0.15) is 0 Å². The summed E-state index contributed by atoms with van der Waals surface area (Å²) in [7, 11) is 0. The van der Waals surface area contributed by atoms with E-state index >= 15 is 0 Å². The van der Waals surface area contributed by atoms with E-state index in [0.717, 1.165) is 31.2 Å². The van der Waals surface area contributed by atoms with Crippen molar-refractivity contribution in [2.45, 2.75) is 6.92 Å². The zero-order chi connectivity index (χ0) is 6.69. The van der Waals surface area contributed by atoms with Crippen LogP contribution in [0, 0.1) is 0 Å². The van der Waals surface area contributed by atoms with Gasteiger partial charge in [-0.1, -0.05) is 12.2 Å². The van der Waals surface area contributed by atoms with Gasteiger partial charge in [0.2, 0.25) is 0 Å². The van der Waals surface area contributed by atoms with Crippen LogP contribution in [0.25, 0.3) is 0 Å². The zero-order valence-corrected chi connectivity index (χ0v) is 6.50. The second-order valence-electron chi connectivity index (χ2n) is 2.26. The molecule has 0 saturated carbocycles. The third-order valence-corrected chi connectivity index (χ3v) is 1.82. The molecule has 1 aliphatic rings. The van der Waals surface area contributed by atoms with E-state index in [1.165, 1.54) is 0 Å². The molecule has 1 rings (SSSR count). The lowest BCUT2D eigenvalue weighted by Gasteiger charge is -2.27. The maximum Gasteiger partial charge on any atom is 0.0748 e. The number of piperazine rings is 1.